The Bertz CT molecular complexity index is 948. The summed E-state index contributed by atoms with van der Waals surface area (Å²) in [7, 11) is 0. The molecule has 0 spiro atoms. The minimum Gasteiger partial charge on any atom is -0.350 e. The summed E-state index contributed by atoms with van der Waals surface area (Å²) in [5.74, 6) is 0.686. The van der Waals surface area contributed by atoms with Gasteiger partial charge in [0.1, 0.15) is 6.04 Å². The number of aryl methyl sites for hydroxylation is 2. The molecule has 0 saturated carbocycles. The van der Waals surface area contributed by atoms with Crippen molar-refractivity contribution in [1.82, 2.24) is 10.2 Å². The number of benzene rings is 2. The van der Waals surface area contributed by atoms with Gasteiger partial charge in [-0.15, -0.1) is 11.8 Å². The molecule has 4 nitrogen and oxygen atoms in total. The Labute approximate surface area is 212 Å². The van der Waals surface area contributed by atoms with Crippen LogP contribution in [0.15, 0.2) is 36.4 Å². The van der Waals surface area contributed by atoms with Gasteiger partial charge in [-0.3, -0.25) is 9.59 Å². The average Bonchev–Trinajstić information content (AvgIpc) is 2.67. The molecular weight excluding hydrogens is 475 g/mol. The van der Waals surface area contributed by atoms with Crippen LogP contribution in [0.2, 0.25) is 10.0 Å². The first-order chi connectivity index (χ1) is 15.4. The minimum atomic E-state index is -0.620. The molecule has 0 saturated heterocycles. The number of nitrogens with one attached hydrogen (secondary N) is 1. The Morgan fingerprint density at radius 2 is 1.64 bits per heavy atom. The Kier molecular flexibility index (Phi) is 10.1. The van der Waals surface area contributed by atoms with E-state index in [0.29, 0.717) is 22.0 Å². The second-order valence-electron chi connectivity index (χ2n) is 9.37. The predicted octanol–water partition coefficient (Wildman–Crippen LogP) is 6.57. The van der Waals surface area contributed by atoms with Crippen LogP contribution in [-0.4, -0.2) is 34.0 Å². The topological polar surface area (TPSA) is 49.4 Å². The van der Waals surface area contributed by atoms with Gasteiger partial charge in [0.25, 0.3) is 0 Å². The zero-order chi connectivity index (χ0) is 24.8. The molecule has 1 atom stereocenters. The normalized spacial score (nSPS) is 12.4. The van der Waals surface area contributed by atoms with Crippen LogP contribution in [0.25, 0.3) is 0 Å². The first kappa shape index (κ1) is 27.6. The van der Waals surface area contributed by atoms with Gasteiger partial charge in [0, 0.05) is 33.4 Å². The molecular formula is C26H34Cl2N2O2S. The van der Waals surface area contributed by atoms with Gasteiger partial charge in [-0.05, 0) is 58.7 Å². The fourth-order valence-corrected chi connectivity index (χ4v) is 5.08. The summed E-state index contributed by atoms with van der Waals surface area (Å²) in [6.45, 7) is 12.0. The number of carbonyl (C=O) groups is 2. The lowest BCUT2D eigenvalue weighted by Gasteiger charge is -2.33. The number of hydrogen-bond donors (Lipinski definition) is 1. The van der Waals surface area contributed by atoms with E-state index < -0.39 is 11.6 Å². The Hall–Kier alpha value is -1.69. The number of hydrogen-bond acceptors (Lipinski definition) is 3. The molecule has 2 aromatic rings. The summed E-state index contributed by atoms with van der Waals surface area (Å²) in [4.78, 5) is 28.1. The maximum Gasteiger partial charge on any atom is 0.243 e. The van der Waals surface area contributed by atoms with E-state index in [1.54, 1.807) is 34.9 Å². The smallest absolute Gasteiger partial charge is 0.243 e. The average molecular weight is 510 g/mol. The second-order valence-corrected chi connectivity index (χ2v) is 11.2. The van der Waals surface area contributed by atoms with Crippen LogP contribution >= 0.6 is 35.0 Å². The quantitative estimate of drug-likeness (QED) is 0.416. The van der Waals surface area contributed by atoms with Crippen molar-refractivity contribution in [3.05, 3.63) is 68.7 Å². The molecule has 0 heterocycles. The highest BCUT2D eigenvalue weighted by molar-refractivity contribution is 7.99. The van der Waals surface area contributed by atoms with E-state index in [2.05, 4.69) is 37.4 Å². The van der Waals surface area contributed by atoms with Gasteiger partial charge in [-0.1, -0.05) is 65.5 Å². The van der Waals surface area contributed by atoms with Crippen LogP contribution in [0, 0.1) is 13.8 Å². The van der Waals surface area contributed by atoms with Crippen molar-refractivity contribution in [3.63, 3.8) is 0 Å². The van der Waals surface area contributed by atoms with E-state index in [1.807, 2.05) is 27.7 Å². The van der Waals surface area contributed by atoms with E-state index in [0.717, 1.165) is 5.75 Å². The SMILES string of the molecule is CC[C@@H](C(=O)NC(C)(C)C)N(Cc1c(Cl)cccc1Cl)C(=O)CSCc1cc(C)cc(C)c1. The summed E-state index contributed by atoms with van der Waals surface area (Å²) >= 11 is 14.3. The van der Waals surface area contributed by atoms with Crippen LogP contribution < -0.4 is 5.32 Å². The van der Waals surface area contributed by atoms with Gasteiger partial charge in [0.2, 0.25) is 11.8 Å². The molecule has 2 amide bonds. The van der Waals surface area contributed by atoms with Gasteiger partial charge >= 0.3 is 0 Å². The van der Waals surface area contributed by atoms with Crippen LogP contribution in [0.4, 0.5) is 0 Å². The number of thioether (sulfide) groups is 1. The minimum absolute atomic E-state index is 0.115. The molecule has 0 bridgehead atoms. The number of nitrogens with zero attached hydrogens (tertiary/aromatic N) is 1. The molecule has 0 aromatic heterocycles. The van der Waals surface area contributed by atoms with Crippen molar-refractivity contribution in [2.45, 2.75) is 71.8 Å². The molecule has 2 rings (SSSR count). The summed E-state index contributed by atoms with van der Waals surface area (Å²) in [6, 6.07) is 11.0. The molecule has 1 N–H and O–H groups in total. The third-order valence-corrected chi connectivity index (χ3v) is 6.75. The van der Waals surface area contributed by atoms with Crippen molar-refractivity contribution >= 4 is 46.8 Å². The fourth-order valence-electron chi connectivity index (χ4n) is 3.72. The highest BCUT2D eigenvalue weighted by Crippen LogP contribution is 2.28. The third-order valence-electron chi connectivity index (χ3n) is 5.05. The van der Waals surface area contributed by atoms with Crippen molar-refractivity contribution in [2.24, 2.45) is 0 Å². The van der Waals surface area contributed by atoms with Gasteiger partial charge in [-0.2, -0.15) is 0 Å². The van der Waals surface area contributed by atoms with Crippen molar-refractivity contribution in [3.8, 4) is 0 Å². The Balaban J connectivity index is 2.24. The molecule has 33 heavy (non-hydrogen) atoms. The lowest BCUT2D eigenvalue weighted by Crippen LogP contribution is -2.53. The standard InChI is InChI=1S/C26H34Cl2N2O2S/c1-7-23(25(32)29-26(4,5)6)30(14-20-21(27)9-8-10-22(20)28)24(31)16-33-15-19-12-17(2)11-18(3)13-19/h8-13,23H,7,14-16H2,1-6H3,(H,29,32)/t23-/m0/s1. The zero-order valence-electron chi connectivity index (χ0n) is 20.3. The van der Waals surface area contributed by atoms with Crippen LogP contribution in [0.5, 0.6) is 0 Å². The lowest BCUT2D eigenvalue weighted by molar-refractivity contribution is -0.140. The van der Waals surface area contributed by atoms with Gasteiger partial charge in [0.05, 0.1) is 5.75 Å². The first-order valence-electron chi connectivity index (χ1n) is 11.1. The summed E-state index contributed by atoms with van der Waals surface area (Å²) in [6.07, 6.45) is 0.484. The fraction of sp³-hybridized carbons (Fsp3) is 0.462. The lowest BCUT2D eigenvalue weighted by atomic mass is 10.1. The number of carbonyl (C=O) groups excluding carboxylic acids is 2. The van der Waals surface area contributed by atoms with E-state index >= 15 is 0 Å². The van der Waals surface area contributed by atoms with Crippen LogP contribution in [-0.2, 0) is 21.9 Å². The van der Waals surface area contributed by atoms with Gasteiger partial charge < -0.3 is 10.2 Å². The third kappa shape index (κ3) is 8.55. The monoisotopic (exact) mass is 508 g/mol. The summed E-state index contributed by atoms with van der Waals surface area (Å²) in [5, 5.41) is 3.97. The number of halogens is 2. The van der Waals surface area contributed by atoms with Crippen molar-refractivity contribution in [2.75, 3.05) is 5.75 Å². The molecule has 7 heteroatoms. The largest absolute Gasteiger partial charge is 0.350 e. The van der Waals surface area contributed by atoms with Crippen LogP contribution in [0.1, 0.15) is 56.4 Å². The Morgan fingerprint density at radius 1 is 1.06 bits per heavy atom. The molecule has 180 valence electrons. The number of amides is 2. The summed E-state index contributed by atoms with van der Waals surface area (Å²) < 4.78 is 0. The van der Waals surface area contributed by atoms with Crippen LogP contribution in [0.3, 0.4) is 0 Å². The second kappa shape index (κ2) is 12.1. The highest BCUT2D eigenvalue weighted by Gasteiger charge is 2.31. The van der Waals surface area contributed by atoms with E-state index in [9.17, 15) is 9.59 Å². The first-order valence-corrected chi connectivity index (χ1v) is 13.0. The highest BCUT2D eigenvalue weighted by atomic mass is 35.5. The van der Waals surface area contributed by atoms with E-state index in [1.165, 1.54) is 16.7 Å². The Morgan fingerprint density at radius 3 is 2.15 bits per heavy atom. The number of rotatable bonds is 9. The molecule has 0 aliphatic rings. The molecule has 0 aliphatic heterocycles. The molecule has 2 aromatic carbocycles. The summed E-state index contributed by atoms with van der Waals surface area (Å²) in [5.41, 5.74) is 3.84. The molecule has 0 radical (unpaired) electrons. The maximum atomic E-state index is 13.4. The van der Waals surface area contributed by atoms with E-state index in [4.69, 9.17) is 23.2 Å². The van der Waals surface area contributed by atoms with Crippen molar-refractivity contribution in [1.29, 1.82) is 0 Å². The van der Waals surface area contributed by atoms with Gasteiger partial charge in [-0.25, -0.2) is 0 Å². The molecule has 0 fully saturated rings. The molecule has 0 aliphatic carbocycles. The zero-order valence-corrected chi connectivity index (χ0v) is 22.6. The maximum absolute atomic E-state index is 13.4. The predicted molar refractivity (Wildman–Crippen MR) is 141 cm³/mol. The molecule has 0 unspecified atom stereocenters. The van der Waals surface area contributed by atoms with Crippen molar-refractivity contribution < 1.29 is 9.59 Å². The van der Waals surface area contributed by atoms with Gasteiger partial charge in [0.15, 0.2) is 0 Å². The van der Waals surface area contributed by atoms with E-state index in [-0.39, 0.29) is 24.1 Å².